The second-order valence-electron chi connectivity index (χ2n) is 6.94. The fourth-order valence-electron chi connectivity index (χ4n) is 2.68. The number of likely N-dealkylation sites (tertiary alicyclic amines) is 1. The molecule has 1 saturated heterocycles. The molecular formula is C18H24N2O5. The molecule has 0 aromatic heterocycles. The minimum atomic E-state index is -0.777. The third-order valence-corrected chi connectivity index (χ3v) is 3.77. The van der Waals surface area contributed by atoms with Gasteiger partial charge >= 0.3 is 12.1 Å². The Balaban J connectivity index is 2.08. The van der Waals surface area contributed by atoms with Gasteiger partial charge in [0.25, 0.3) is 5.91 Å². The van der Waals surface area contributed by atoms with Crippen LogP contribution in [-0.4, -0.2) is 54.2 Å². The summed E-state index contributed by atoms with van der Waals surface area (Å²) in [4.78, 5) is 38.0. The predicted molar refractivity (Wildman–Crippen MR) is 91.1 cm³/mol. The highest BCUT2D eigenvalue weighted by atomic mass is 16.6. The van der Waals surface area contributed by atoms with E-state index in [2.05, 4.69) is 5.32 Å². The summed E-state index contributed by atoms with van der Waals surface area (Å²) in [6.45, 7) is 5.45. The molecule has 0 saturated carbocycles. The van der Waals surface area contributed by atoms with Gasteiger partial charge in [0.1, 0.15) is 11.6 Å². The Bertz CT molecular complexity index is 639. The van der Waals surface area contributed by atoms with Gasteiger partial charge < -0.3 is 14.8 Å². The number of amides is 2. The van der Waals surface area contributed by atoms with Gasteiger partial charge in [-0.1, -0.05) is 18.2 Å². The van der Waals surface area contributed by atoms with Gasteiger partial charge in [0.2, 0.25) is 0 Å². The fraction of sp³-hybridized carbons (Fsp3) is 0.500. The highest BCUT2D eigenvalue weighted by molar-refractivity contribution is 5.94. The number of nitrogens with one attached hydrogen (secondary N) is 1. The zero-order valence-corrected chi connectivity index (χ0v) is 14.9. The van der Waals surface area contributed by atoms with E-state index in [1.807, 2.05) is 6.07 Å². The normalized spacial score (nSPS) is 20.1. The van der Waals surface area contributed by atoms with Crippen LogP contribution in [-0.2, 0) is 14.3 Å². The molecule has 0 spiro atoms. The number of benzene rings is 1. The smallest absolute Gasteiger partial charge is 0.411 e. The number of ether oxygens (including phenoxy) is 2. The first-order chi connectivity index (χ1) is 11.7. The second-order valence-corrected chi connectivity index (χ2v) is 6.94. The number of carbonyl (C=O) groups excluding carboxylic acids is 3. The second kappa shape index (κ2) is 7.55. The molecule has 7 heteroatoms. The molecule has 2 rings (SSSR count). The van der Waals surface area contributed by atoms with E-state index in [1.165, 1.54) is 12.0 Å². The first-order valence-corrected chi connectivity index (χ1v) is 8.14. The molecule has 1 heterocycles. The number of carbonyl (C=O) groups is 3. The summed E-state index contributed by atoms with van der Waals surface area (Å²) in [6, 6.07) is 7.64. The Hall–Kier alpha value is -2.57. The standard InChI is InChI=1S/C18H24N2O5/c1-18(2,3)25-17(23)20-11-13(10-14(20)16(22)24-4)19-15(21)12-8-6-5-7-9-12/h5-9,13-14H,10-11H2,1-4H3,(H,19,21)/t13-,14+/m1/s1. The molecule has 1 aromatic rings. The van der Waals surface area contributed by atoms with E-state index in [-0.39, 0.29) is 24.9 Å². The van der Waals surface area contributed by atoms with Gasteiger partial charge in [-0.05, 0) is 32.9 Å². The predicted octanol–water partition coefficient (Wildman–Crippen LogP) is 1.97. The molecule has 1 aromatic carbocycles. The van der Waals surface area contributed by atoms with Crippen LogP contribution in [0.25, 0.3) is 0 Å². The van der Waals surface area contributed by atoms with Crippen molar-refractivity contribution in [1.82, 2.24) is 10.2 Å². The molecule has 1 aliphatic rings. The maximum absolute atomic E-state index is 12.4. The maximum atomic E-state index is 12.4. The Morgan fingerprint density at radius 3 is 2.36 bits per heavy atom. The highest BCUT2D eigenvalue weighted by Crippen LogP contribution is 2.22. The average Bonchev–Trinajstić information content (AvgIpc) is 2.97. The summed E-state index contributed by atoms with van der Waals surface area (Å²) in [5.41, 5.74) is -0.156. The molecule has 0 aliphatic carbocycles. The van der Waals surface area contributed by atoms with E-state index >= 15 is 0 Å². The Morgan fingerprint density at radius 1 is 1.16 bits per heavy atom. The van der Waals surface area contributed by atoms with Crippen LogP contribution in [0, 0.1) is 0 Å². The summed E-state index contributed by atoms with van der Waals surface area (Å²) in [7, 11) is 1.27. The third kappa shape index (κ3) is 4.95. The molecule has 0 bridgehead atoms. The van der Waals surface area contributed by atoms with Gasteiger partial charge in [-0.15, -0.1) is 0 Å². The maximum Gasteiger partial charge on any atom is 0.411 e. The average molecular weight is 348 g/mol. The molecule has 1 aliphatic heterocycles. The molecule has 2 atom stereocenters. The zero-order valence-electron chi connectivity index (χ0n) is 14.9. The number of methoxy groups -OCH3 is 1. The molecule has 136 valence electrons. The van der Waals surface area contributed by atoms with Crippen LogP contribution >= 0.6 is 0 Å². The minimum Gasteiger partial charge on any atom is -0.467 e. The molecule has 1 fully saturated rings. The van der Waals surface area contributed by atoms with Gasteiger partial charge in [0.15, 0.2) is 0 Å². The lowest BCUT2D eigenvalue weighted by molar-refractivity contribution is -0.145. The van der Waals surface area contributed by atoms with Gasteiger partial charge in [0, 0.05) is 24.6 Å². The first-order valence-electron chi connectivity index (χ1n) is 8.14. The molecule has 0 unspecified atom stereocenters. The van der Waals surface area contributed by atoms with Crippen molar-refractivity contribution in [3.05, 3.63) is 35.9 Å². The van der Waals surface area contributed by atoms with Crippen molar-refractivity contribution < 1.29 is 23.9 Å². The van der Waals surface area contributed by atoms with Crippen LogP contribution in [0.3, 0.4) is 0 Å². The zero-order chi connectivity index (χ0) is 18.6. The van der Waals surface area contributed by atoms with Crippen molar-refractivity contribution in [3.63, 3.8) is 0 Å². The van der Waals surface area contributed by atoms with Crippen LogP contribution in [0.5, 0.6) is 0 Å². The summed E-state index contributed by atoms with van der Waals surface area (Å²) in [5.74, 6) is -0.775. The van der Waals surface area contributed by atoms with Gasteiger partial charge in [-0.3, -0.25) is 9.69 Å². The molecule has 0 radical (unpaired) electrons. The van der Waals surface area contributed by atoms with E-state index in [1.54, 1.807) is 45.0 Å². The van der Waals surface area contributed by atoms with Crippen LogP contribution in [0.4, 0.5) is 4.79 Å². The number of hydrogen-bond acceptors (Lipinski definition) is 5. The van der Waals surface area contributed by atoms with E-state index in [0.29, 0.717) is 5.56 Å². The molecule has 7 nitrogen and oxygen atoms in total. The summed E-state index contributed by atoms with van der Waals surface area (Å²) >= 11 is 0. The fourth-order valence-corrected chi connectivity index (χ4v) is 2.68. The van der Waals surface area contributed by atoms with Crippen molar-refractivity contribution in [3.8, 4) is 0 Å². The van der Waals surface area contributed by atoms with E-state index in [0.717, 1.165) is 0 Å². The first kappa shape index (κ1) is 18.8. The van der Waals surface area contributed by atoms with Crippen molar-refractivity contribution in [1.29, 1.82) is 0 Å². The largest absolute Gasteiger partial charge is 0.467 e. The lowest BCUT2D eigenvalue weighted by atomic mass is 10.1. The van der Waals surface area contributed by atoms with Crippen molar-refractivity contribution in [2.75, 3.05) is 13.7 Å². The Kier molecular flexibility index (Phi) is 5.66. The Labute approximate surface area is 147 Å². The molecule has 25 heavy (non-hydrogen) atoms. The summed E-state index contributed by atoms with van der Waals surface area (Å²) in [5, 5.41) is 2.86. The van der Waals surface area contributed by atoms with E-state index in [4.69, 9.17) is 9.47 Å². The molecular weight excluding hydrogens is 324 g/mol. The molecule has 2 amide bonds. The van der Waals surface area contributed by atoms with Gasteiger partial charge in [-0.2, -0.15) is 0 Å². The van der Waals surface area contributed by atoms with Crippen molar-refractivity contribution in [2.24, 2.45) is 0 Å². The van der Waals surface area contributed by atoms with Gasteiger partial charge in [-0.25, -0.2) is 9.59 Å². The van der Waals surface area contributed by atoms with Crippen LogP contribution < -0.4 is 5.32 Å². The highest BCUT2D eigenvalue weighted by Gasteiger charge is 2.42. The van der Waals surface area contributed by atoms with E-state index in [9.17, 15) is 14.4 Å². The quantitative estimate of drug-likeness (QED) is 0.844. The van der Waals surface area contributed by atoms with Crippen molar-refractivity contribution >= 4 is 18.0 Å². The van der Waals surface area contributed by atoms with Gasteiger partial charge in [0.05, 0.1) is 7.11 Å². The van der Waals surface area contributed by atoms with E-state index < -0.39 is 23.7 Å². The lowest BCUT2D eigenvalue weighted by Gasteiger charge is -2.27. The lowest BCUT2D eigenvalue weighted by Crippen LogP contribution is -2.44. The Morgan fingerprint density at radius 2 is 1.80 bits per heavy atom. The third-order valence-electron chi connectivity index (χ3n) is 3.77. The number of hydrogen-bond donors (Lipinski definition) is 1. The van der Waals surface area contributed by atoms with Crippen molar-refractivity contribution in [2.45, 2.75) is 44.9 Å². The number of nitrogens with zero attached hydrogens (tertiary/aromatic N) is 1. The number of rotatable bonds is 3. The minimum absolute atomic E-state index is 0.188. The topological polar surface area (TPSA) is 84.9 Å². The monoisotopic (exact) mass is 348 g/mol. The SMILES string of the molecule is COC(=O)[C@@H]1C[C@@H](NC(=O)c2ccccc2)CN1C(=O)OC(C)(C)C. The summed E-state index contributed by atoms with van der Waals surface area (Å²) in [6.07, 6.45) is -0.316. The molecule has 1 N–H and O–H groups in total. The number of esters is 1. The summed E-state index contributed by atoms with van der Waals surface area (Å²) < 4.78 is 10.1. The van der Waals surface area contributed by atoms with Crippen LogP contribution in [0.15, 0.2) is 30.3 Å². The van der Waals surface area contributed by atoms with Crippen LogP contribution in [0.2, 0.25) is 0 Å². The van der Waals surface area contributed by atoms with Crippen LogP contribution in [0.1, 0.15) is 37.6 Å².